The molecule has 0 spiro atoms. The van der Waals surface area contributed by atoms with E-state index in [0.29, 0.717) is 29.4 Å². The first-order valence-electron chi connectivity index (χ1n) is 5.37. The lowest BCUT2D eigenvalue weighted by Crippen LogP contribution is -2.35. The van der Waals surface area contributed by atoms with Gasteiger partial charge in [-0.15, -0.1) is 0 Å². The molecule has 1 N–H and O–H groups in total. The summed E-state index contributed by atoms with van der Waals surface area (Å²) >= 11 is 6.00. The van der Waals surface area contributed by atoms with Crippen LogP contribution in [-0.4, -0.2) is 19.8 Å². The van der Waals surface area contributed by atoms with Crippen molar-refractivity contribution in [2.45, 2.75) is 19.9 Å². The highest BCUT2D eigenvalue weighted by Gasteiger charge is 2.20. The molecule has 1 aliphatic rings. The molecule has 0 aliphatic carbocycles. The number of benzene rings is 1. The van der Waals surface area contributed by atoms with E-state index in [1.165, 1.54) is 0 Å². The molecule has 0 aromatic heterocycles. The second kappa shape index (κ2) is 4.70. The molecule has 88 valence electrons. The summed E-state index contributed by atoms with van der Waals surface area (Å²) < 4.78 is 19.2. The molecular weight excluding hydrogens is 229 g/mol. The Morgan fingerprint density at radius 2 is 2.19 bits per heavy atom. The van der Waals surface area contributed by atoms with Gasteiger partial charge in [-0.25, -0.2) is 4.39 Å². The topological polar surface area (TPSA) is 21.3 Å². The molecule has 0 amide bonds. The van der Waals surface area contributed by atoms with Crippen molar-refractivity contribution in [3.63, 3.8) is 0 Å². The van der Waals surface area contributed by atoms with E-state index in [1.54, 1.807) is 13.8 Å². The Morgan fingerprint density at radius 3 is 2.81 bits per heavy atom. The van der Waals surface area contributed by atoms with Crippen LogP contribution in [0.4, 0.5) is 4.39 Å². The highest BCUT2D eigenvalue weighted by atomic mass is 35.5. The van der Waals surface area contributed by atoms with Crippen LogP contribution in [0.3, 0.4) is 0 Å². The first-order valence-corrected chi connectivity index (χ1v) is 5.75. The van der Waals surface area contributed by atoms with Crippen molar-refractivity contribution in [1.29, 1.82) is 0 Å². The van der Waals surface area contributed by atoms with Gasteiger partial charge in [0.1, 0.15) is 5.82 Å². The summed E-state index contributed by atoms with van der Waals surface area (Å²) in [5.41, 5.74) is 2.07. The number of nitrogens with one attached hydrogen (secondary N) is 1. The molecule has 1 aliphatic heterocycles. The first kappa shape index (κ1) is 11.8. The number of rotatable bonds is 1. The summed E-state index contributed by atoms with van der Waals surface area (Å²) in [4.78, 5) is 0. The van der Waals surface area contributed by atoms with Crippen molar-refractivity contribution in [2.75, 3.05) is 19.8 Å². The monoisotopic (exact) mass is 243 g/mol. The van der Waals surface area contributed by atoms with Crippen LogP contribution in [0.15, 0.2) is 6.07 Å². The zero-order valence-electron chi connectivity index (χ0n) is 9.44. The van der Waals surface area contributed by atoms with Gasteiger partial charge in [0.2, 0.25) is 0 Å². The Balaban J connectivity index is 2.40. The highest BCUT2D eigenvalue weighted by molar-refractivity contribution is 6.31. The molecule has 16 heavy (non-hydrogen) atoms. The summed E-state index contributed by atoms with van der Waals surface area (Å²) in [5.74, 6) is -0.213. The van der Waals surface area contributed by atoms with Crippen molar-refractivity contribution >= 4 is 11.6 Å². The molecule has 1 atom stereocenters. The molecule has 1 saturated heterocycles. The van der Waals surface area contributed by atoms with Crippen molar-refractivity contribution in [2.24, 2.45) is 0 Å². The van der Waals surface area contributed by atoms with E-state index in [9.17, 15) is 4.39 Å². The lowest BCUT2D eigenvalue weighted by Gasteiger charge is -2.26. The van der Waals surface area contributed by atoms with Gasteiger partial charge < -0.3 is 10.1 Å². The summed E-state index contributed by atoms with van der Waals surface area (Å²) in [6.07, 6.45) is 0. The van der Waals surface area contributed by atoms with Gasteiger partial charge in [0.05, 0.1) is 19.3 Å². The normalized spacial score (nSPS) is 21.1. The molecule has 1 aromatic carbocycles. The Labute approximate surface area is 99.7 Å². The molecule has 2 nitrogen and oxygen atoms in total. The largest absolute Gasteiger partial charge is 0.378 e. The fraction of sp³-hybridized carbons (Fsp3) is 0.500. The van der Waals surface area contributed by atoms with E-state index in [0.717, 1.165) is 12.1 Å². The molecule has 1 fully saturated rings. The molecule has 1 heterocycles. The maximum atomic E-state index is 13.9. The second-order valence-corrected chi connectivity index (χ2v) is 4.50. The van der Waals surface area contributed by atoms with E-state index < -0.39 is 0 Å². The van der Waals surface area contributed by atoms with Crippen LogP contribution in [0.25, 0.3) is 0 Å². The molecule has 0 bridgehead atoms. The third kappa shape index (κ3) is 2.08. The minimum Gasteiger partial charge on any atom is -0.378 e. The summed E-state index contributed by atoms with van der Waals surface area (Å²) in [5, 5.41) is 3.78. The van der Waals surface area contributed by atoms with Crippen molar-refractivity contribution in [3.8, 4) is 0 Å². The SMILES string of the molecule is Cc1c(Cl)cc(C2COCCN2)c(C)c1F. The fourth-order valence-corrected chi connectivity index (χ4v) is 2.19. The highest BCUT2D eigenvalue weighted by Crippen LogP contribution is 2.29. The summed E-state index contributed by atoms with van der Waals surface area (Å²) in [7, 11) is 0. The second-order valence-electron chi connectivity index (χ2n) is 4.09. The third-order valence-electron chi connectivity index (χ3n) is 3.03. The third-order valence-corrected chi connectivity index (χ3v) is 3.42. The smallest absolute Gasteiger partial charge is 0.130 e. The van der Waals surface area contributed by atoms with E-state index >= 15 is 0 Å². The van der Waals surface area contributed by atoms with Crippen LogP contribution in [0.5, 0.6) is 0 Å². The molecule has 0 radical (unpaired) electrons. The van der Waals surface area contributed by atoms with Crippen LogP contribution in [0.2, 0.25) is 5.02 Å². The van der Waals surface area contributed by atoms with Gasteiger partial charge >= 0.3 is 0 Å². The maximum absolute atomic E-state index is 13.9. The van der Waals surface area contributed by atoms with Crippen molar-refractivity contribution in [1.82, 2.24) is 5.32 Å². The van der Waals surface area contributed by atoms with Gasteiger partial charge in [-0.05, 0) is 31.0 Å². The summed E-state index contributed by atoms with van der Waals surface area (Å²) in [6.45, 7) is 5.54. The number of ether oxygens (including phenoxy) is 1. The van der Waals surface area contributed by atoms with Crippen molar-refractivity contribution < 1.29 is 9.13 Å². The zero-order chi connectivity index (χ0) is 11.7. The lowest BCUT2D eigenvalue weighted by molar-refractivity contribution is 0.0766. The molecule has 0 saturated carbocycles. The van der Waals surface area contributed by atoms with Gasteiger partial charge in [-0.1, -0.05) is 11.6 Å². The predicted octanol–water partition coefficient (Wildman–Crippen LogP) is 2.76. The van der Waals surface area contributed by atoms with E-state index in [4.69, 9.17) is 16.3 Å². The minimum absolute atomic E-state index is 0.0429. The van der Waals surface area contributed by atoms with E-state index in [-0.39, 0.29) is 11.9 Å². The number of hydrogen-bond acceptors (Lipinski definition) is 2. The maximum Gasteiger partial charge on any atom is 0.130 e. The molecular formula is C12H15ClFNO. The van der Waals surface area contributed by atoms with Crippen LogP contribution in [0.1, 0.15) is 22.7 Å². The van der Waals surface area contributed by atoms with Gasteiger partial charge in [0.15, 0.2) is 0 Å². The minimum atomic E-state index is -0.213. The molecule has 1 aromatic rings. The summed E-state index contributed by atoms with van der Waals surface area (Å²) in [6, 6.07) is 1.88. The fourth-order valence-electron chi connectivity index (χ4n) is 1.99. The Hall–Kier alpha value is -0.640. The van der Waals surface area contributed by atoms with Gasteiger partial charge in [0, 0.05) is 17.1 Å². The van der Waals surface area contributed by atoms with Gasteiger partial charge in [0.25, 0.3) is 0 Å². The average molecular weight is 244 g/mol. The number of morpholine rings is 1. The Morgan fingerprint density at radius 1 is 1.44 bits per heavy atom. The zero-order valence-corrected chi connectivity index (χ0v) is 10.2. The molecule has 4 heteroatoms. The number of halogens is 2. The van der Waals surface area contributed by atoms with E-state index in [1.807, 2.05) is 6.07 Å². The lowest BCUT2D eigenvalue weighted by atomic mass is 9.98. The van der Waals surface area contributed by atoms with Crippen molar-refractivity contribution in [3.05, 3.63) is 33.6 Å². The van der Waals surface area contributed by atoms with E-state index in [2.05, 4.69) is 5.32 Å². The Kier molecular flexibility index (Phi) is 3.47. The predicted molar refractivity (Wildman–Crippen MR) is 62.4 cm³/mol. The quantitative estimate of drug-likeness (QED) is 0.819. The average Bonchev–Trinajstić information content (AvgIpc) is 2.32. The van der Waals surface area contributed by atoms with Crippen LogP contribution < -0.4 is 5.32 Å². The first-order chi connectivity index (χ1) is 7.61. The Bertz CT molecular complexity index is 402. The van der Waals surface area contributed by atoms with Gasteiger partial charge in [-0.2, -0.15) is 0 Å². The van der Waals surface area contributed by atoms with Crippen LogP contribution in [0, 0.1) is 19.7 Å². The van der Waals surface area contributed by atoms with Crippen LogP contribution in [-0.2, 0) is 4.74 Å². The molecule has 2 rings (SSSR count). The van der Waals surface area contributed by atoms with Crippen LogP contribution >= 0.6 is 11.6 Å². The van der Waals surface area contributed by atoms with Gasteiger partial charge in [-0.3, -0.25) is 0 Å². The molecule has 1 unspecified atom stereocenters. The standard InChI is InChI=1S/C12H15ClFNO/c1-7-9(11-6-16-4-3-15-11)5-10(13)8(2)12(7)14/h5,11,15H,3-4,6H2,1-2H3. The number of hydrogen-bond donors (Lipinski definition) is 1.